The van der Waals surface area contributed by atoms with Crippen molar-refractivity contribution in [2.45, 2.75) is 45.6 Å². The zero-order valence-corrected chi connectivity index (χ0v) is 13.8. The first-order valence-electron chi connectivity index (χ1n) is 7.93. The zero-order valence-electron chi connectivity index (χ0n) is 13.8. The second-order valence-corrected chi connectivity index (χ2v) is 6.26. The molecule has 0 radical (unpaired) electrons. The Morgan fingerprint density at radius 2 is 2.13 bits per heavy atom. The first-order valence-corrected chi connectivity index (χ1v) is 7.93. The summed E-state index contributed by atoms with van der Waals surface area (Å²) in [5.74, 6) is 0.336. The molecule has 1 heterocycles. The van der Waals surface area contributed by atoms with Gasteiger partial charge in [0.25, 0.3) is 0 Å². The molecule has 2 aromatic rings. The van der Waals surface area contributed by atoms with Crippen molar-refractivity contribution in [1.29, 1.82) is 0 Å². The van der Waals surface area contributed by atoms with E-state index in [0.29, 0.717) is 18.1 Å². The first kappa shape index (κ1) is 15.7. The van der Waals surface area contributed by atoms with Crippen molar-refractivity contribution in [1.82, 2.24) is 9.97 Å². The second kappa shape index (κ2) is 6.16. The van der Waals surface area contributed by atoms with Crippen molar-refractivity contribution in [2.75, 3.05) is 7.11 Å². The lowest BCUT2D eigenvalue weighted by molar-refractivity contribution is 0.0696. The van der Waals surface area contributed by atoms with Gasteiger partial charge >= 0.3 is 5.97 Å². The summed E-state index contributed by atoms with van der Waals surface area (Å²) in [5.41, 5.74) is 5.33. The van der Waals surface area contributed by atoms with E-state index in [1.807, 2.05) is 13.8 Å². The standard InChI is InChI=1S/C18H22N2O3/c1-10-11(2)16(12-5-4-6-12)15(7-14(10)18(21)22)17-19-8-13(20-17)9-23-3/h7-8,12H,4-6,9H2,1-3H3,(H,19,20)(H,21,22). The molecular weight excluding hydrogens is 292 g/mol. The summed E-state index contributed by atoms with van der Waals surface area (Å²) in [6, 6.07) is 1.77. The molecule has 5 nitrogen and oxygen atoms in total. The summed E-state index contributed by atoms with van der Waals surface area (Å²) in [6.07, 6.45) is 5.30. The fraction of sp³-hybridized carbons (Fsp3) is 0.444. The largest absolute Gasteiger partial charge is 0.478 e. The Labute approximate surface area is 135 Å². The maximum absolute atomic E-state index is 11.6. The smallest absolute Gasteiger partial charge is 0.335 e. The Kier molecular flexibility index (Phi) is 4.22. The highest BCUT2D eigenvalue weighted by Crippen LogP contribution is 2.43. The number of nitrogens with zero attached hydrogens (tertiary/aromatic N) is 1. The number of H-pyrrole nitrogens is 1. The van der Waals surface area contributed by atoms with E-state index in [1.54, 1.807) is 19.4 Å². The van der Waals surface area contributed by atoms with Gasteiger partial charge in [-0.05, 0) is 55.4 Å². The minimum atomic E-state index is -0.893. The molecule has 1 aliphatic rings. The molecule has 0 unspecified atom stereocenters. The minimum absolute atomic E-state index is 0.352. The molecule has 3 rings (SSSR count). The van der Waals surface area contributed by atoms with Crippen LogP contribution in [0.4, 0.5) is 0 Å². The zero-order chi connectivity index (χ0) is 16.6. The van der Waals surface area contributed by atoms with Gasteiger partial charge in [-0.1, -0.05) is 6.42 Å². The Hall–Kier alpha value is -2.14. The van der Waals surface area contributed by atoms with Crippen LogP contribution in [0.3, 0.4) is 0 Å². The third-order valence-corrected chi connectivity index (χ3v) is 4.88. The van der Waals surface area contributed by atoms with Crippen molar-refractivity contribution >= 4 is 5.97 Å². The third-order valence-electron chi connectivity index (χ3n) is 4.88. The predicted octanol–water partition coefficient (Wildman–Crippen LogP) is 3.81. The molecule has 1 aromatic carbocycles. The first-order chi connectivity index (χ1) is 11.0. The fourth-order valence-corrected chi connectivity index (χ4v) is 3.30. The van der Waals surface area contributed by atoms with Crippen molar-refractivity contribution in [3.63, 3.8) is 0 Å². The van der Waals surface area contributed by atoms with Crippen LogP contribution in [0.5, 0.6) is 0 Å². The summed E-state index contributed by atoms with van der Waals surface area (Å²) in [7, 11) is 1.64. The Balaban J connectivity index is 2.17. The van der Waals surface area contributed by atoms with Gasteiger partial charge in [-0.3, -0.25) is 0 Å². The van der Waals surface area contributed by atoms with Gasteiger partial charge in [-0.15, -0.1) is 0 Å². The Bertz CT molecular complexity index is 745. The number of benzene rings is 1. The van der Waals surface area contributed by atoms with Crippen LogP contribution in [-0.2, 0) is 11.3 Å². The van der Waals surface area contributed by atoms with Crippen molar-refractivity contribution in [3.05, 3.63) is 40.2 Å². The number of hydrogen-bond donors (Lipinski definition) is 2. The van der Waals surface area contributed by atoms with E-state index in [1.165, 1.54) is 12.0 Å². The number of imidazole rings is 1. The monoisotopic (exact) mass is 314 g/mol. The molecule has 1 saturated carbocycles. The summed E-state index contributed by atoms with van der Waals surface area (Å²) >= 11 is 0. The predicted molar refractivity (Wildman–Crippen MR) is 87.8 cm³/mol. The van der Waals surface area contributed by atoms with Gasteiger partial charge in [0.2, 0.25) is 0 Å². The van der Waals surface area contributed by atoms with Crippen LogP contribution in [0.1, 0.15) is 57.9 Å². The van der Waals surface area contributed by atoms with E-state index in [9.17, 15) is 9.90 Å². The Morgan fingerprint density at radius 3 is 2.70 bits per heavy atom. The van der Waals surface area contributed by atoms with Gasteiger partial charge in [0.1, 0.15) is 5.82 Å². The van der Waals surface area contributed by atoms with Crippen LogP contribution in [0.25, 0.3) is 11.4 Å². The number of aromatic carboxylic acids is 1. The molecule has 0 atom stereocenters. The van der Waals surface area contributed by atoms with Crippen LogP contribution >= 0.6 is 0 Å². The quantitative estimate of drug-likeness (QED) is 0.880. The average molecular weight is 314 g/mol. The van der Waals surface area contributed by atoms with Gasteiger partial charge in [-0.25, -0.2) is 9.78 Å². The van der Waals surface area contributed by atoms with Gasteiger partial charge in [0, 0.05) is 12.7 Å². The van der Waals surface area contributed by atoms with Crippen molar-refractivity contribution in [2.24, 2.45) is 0 Å². The summed E-state index contributed by atoms with van der Waals surface area (Å²) in [4.78, 5) is 19.3. The SMILES string of the molecule is COCc1cnc(-c2cc(C(=O)O)c(C)c(C)c2C2CCC2)[nH]1. The van der Waals surface area contributed by atoms with Gasteiger partial charge in [0.15, 0.2) is 0 Å². The maximum Gasteiger partial charge on any atom is 0.335 e. The molecule has 0 spiro atoms. The van der Waals surface area contributed by atoms with Crippen LogP contribution in [0, 0.1) is 13.8 Å². The van der Waals surface area contributed by atoms with Crippen molar-refractivity contribution in [3.8, 4) is 11.4 Å². The van der Waals surface area contributed by atoms with Gasteiger partial charge in [0.05, 0.1) is 24.1 Å². The summed E-state index contributed by atoms with van der Waals surface area (Å²) in [6.45, 7) is 4.38. The number of carboxylic acids is 1. The number of aromatic nitrogens is 2. The minimum Gasteiger partial charge on any atom is -0.478 e. The number of ether oxygens (including phenoxy) is 1. The highest BCUT2D eigenvalue weighted by molar-refractivity contribution is 5.92. The molecule has 1 aliphatic carbocycles. The summed E-state index contributed by atoms with van der Waals surface area (Å²) < 4.78 is 5.13. The Morgan fingerprint density at radius 1 is 1.39 bits per heavy atom. The van der Waals surface area contributed by atoms with E-state index in [2.05, 4.69) is 9.97 Å². The number of carboxylic acid groups (broad SMARTS) is 1. The molecule has 5 heteroatoms. The molecule has 122 valence electrons. The molecular formula is C18H22N2O3. The van der Waals surface area contributed by atoms with Crippen LogP contribution in [-0.4, -0.2) is 28.2 Å². The van der Waals surface area contributed by atoms with Crippen LogP contribution in [0.15, 0.2) is 12.3 Å². The van der Waals surface area contributed by atoms with E-state index in [0.717, 1.165) is 41.1 Å². The molecule has 0 amide bonds. The molecule has 0 bridgehead atoms. The fourth-order valence-electron chi connectivity index (χ4n) is 3.30. The van der Waals surface area contributed by atoms with Crippen LogP contribution in [0.2, 0.25) is 0 Å². The maximum atomic E-state index is 11.6. The van der Waals surface area contributed by atoms with E-state index >= 15 is 0 Å². The van der Waals surface area contributed by atoms with E-state index < -0.39 is 5.97 Å². The lowest BCUT2D eigenvalue weighted by Gasteiger charge is -2.30. The normalized spacial score (nSPS) is 14.7. The molecule has 0 aliphatic heterocycles. The average Bonchev–Trinajstić information content (AvgIpc) is 2.90. The number of nitrogens with one attached hydrogen (secondary N) is 1. The molecule has 1 aromatic heterocycles. The lowest BCUT2D eigenvalue weighted by Crippen LogP contribution is -2.15. The lowest BCUT2D eigenvalue weighted by atomic mass is 9.74. The molecule has 1 fully saturated rings. The number of methoxy groups -OCH3 is 1. The number of rotatable bonds is 5. The molecule has 23 heavy (non-hydrogen) atoms. The van der Waals surface area contributed by atoms with Gasteiger partial charge < -0.3 is 14.8 Å². The summed E-state index contributed by atoms with van der Waals surface area (Å²) in [5, 5.41) is 9.50. The number of carbonyl (C=O) groups is 1. The second-order valence-electron chi connectivity index (χ2n) is 6.26. The van der Waals surface area contributed by atoms with E-state index in [4.69, 9.17) is 4.74 Å². The number of aromatic amines is 1. The highest BCUT2D eigenvalue weighted by Gasteiger charge is 2.28. The highest BCUT2D eigenvalue weighted by atomic mass is 16.5. The topological polar surface area (TPSA) is 75.2 Å². The molecule has 2 N–H and O–H groups in total. The number of hydrogen-bond acceptors (Lipinski definition) is 3. The molecule has 0 saturated heterocycles. The van der Waals surface area contributed by atoms with Crippen LogP contribution < -0.4 is 0 Å². The third kappa shape index (κ3) is 2.77. The van der Waals surface area contributed by atoms with Crippen molar-refractivity contribution < 1.29 is 14.6 Å². The van der Waals surface area contributed by atoms with Gasteiger partial charge in [-0.2, -0.15) is 0 Å². The van der Waals surface area contributed by atoms with E-state index in [-0.39, 0.29) is 0 Å².